The van der Waals surface area contributed by atoms with E-state index in [-0.39, 0.29) is 6.04 Å². The van der Waals surface area contributed by atoms with E-state index in [2.05, 4.69) is 55.3 Å². The quantitative estimate of drug-likeness (QED) is 0.418. The first-order chi connectivity index (χ1) is 14.3. The average Bonchev–Trinajstić information content (AvgIpc) is 3.39. The number of quaternary nitrogens is 1. The molecule has 1 aromatic carbocycles. The number of ether oxygens (including phenoxy) is 1. The number of nitrogens with zero attached hydrogens (tertiary/aromatic N) is 3. The molecule has 0 radical (unpaired) electrons. The van der Waals surface area contributed by atoms with Crippen molar-refractivity contribution in [2.24, 2.45) is 0 Å². The van der Waals surface area contributed by atoms with Crippen molar-refractivity contribution in [2.45, 2.75) is 12.5 Å². The Kier molecular flexibility index (Phi) is 4.42. The maximum atomic E-state index is 5.98. The van der Waals surface area contributed by atoms with Gasteiger partial charge in [0.25, 0.3) is 0 Å². The molecule has 0 fully saturated rings. The maximum absolute atomic E-state index is 5.98. The van der Waals surface area contributed by atoms with Crippen LogP contribution in [0.1, 0.15) is 5.56 Å². The van der Waals surface area contributed by atoms with Gasteiger partial charge in [-0.1, -0.05) is 18.2 Å². The van der Waals surface area contributed by atoms with Crippen molar-refractivity contribution in [2.75, 3.05) is 6.61 Å². The fraction of sp³-hybridized carbons (Fsp3) is 0.136. The van der Waals surface area contributed by atoms with Gasteiger partial charge in [-0.3, -0.25) is 15.1 Å². The summed E-state index contributed by atoms with van der Waals surface area (Å²) >= 11 is 0. The number of H-pyrrole nitrogens is 2. The molecule has 0 amide bonds. The summed E-state index contributed by atoms with van der Waals surface area (Å²) in [6.45, 7) is 0.513. The Bertz CT molecular complexity index is 1270. The molecule has 0 aliphatic heterocycles. The third-order valence-corrected chi connectivity index (χ3v) is 5.00. The average molecular weight is 385 g/mol. The molecule has 0 bridgehead atoms. The third kappa shape index (κ3) is 3.55. The van der Waals surface area contributed by atoms with Gasteiger partial charge >= 0.3 is 0 Å². The van der Waals surface area contributed by atoms with E-state index in [1.165, 1.54) is 10.9 Å². The van der Waals surface area contributed by atoms with Crippen molar-refractivity contribution in [3.05, 3.63) is 72.9 Å². The summed E-state index contributed by atoms with van der Waals surface area (Å²) in [5.74, 6) is 0.712. The molecule has 29 heavy (non-hydrogen) atoms. The number of para-hydroxylation sites is 1. The molecule has 0 saturated carbocycles. The van der Waals surface area contributed by atoms with E-state index < -0.39 is 0 Å². The molecule has 0 aliphatic carbocycles. The van der Waals surface area contributed by atoms with E-state index in [0.717, 1.165) is 34.1 Å². The molecule has 5 N–H and O–H groups in total. The number of nitrogens with one attached hydrogen (secondary N) is 2. The Morgan fingerprint density at radius 3 is 2.93 bits per heavy atom. The van der Waals surface area contributed by atoms with E-state index >= 15 is 0 Å². The second-order valence-electron chi connectivity index (χ2n) is 7.18. The molecule has 4 heterocycles. The fourth-order valence-electron chi connectivity index (χ4n) is 3.52. The van der Waals surface area contributed by atoms with Crippen LogP contribution in [-0.2, 0) is 6.42 Å². The SMILES string of the molecule is [NH3+][C@H](COc1cncc(-c2cc3cn[nH]c3cn2)c1)Cc1c[nH]c2ccccc12. The van der Waals surface area contributed by atoms with Gasteiger partial charge in [-0.15, -0.1) is 0 Å². The highest BCUT2D eigenvalue weighted by molar-refractivity contribution is 5.83. The van der Waals surface area contributed by atoms with Gasteiger partial charge in [-0.2, -0.15) is 5.10 Å². The number of aromatic nitrogens is 5. The van der Waals surface area contributed by atoms with Crippen LogP contribution in [0.2, 0.25) is 0 Å². The van der Waals surface area contributed by atoms with Crippen LogP contribution in [-0.4, -0.2) is 37.8 Å². The summed E-state index contributed by atoms with van der Waals surface area (Å²) in [5, 5.41) is 9.20. The predicted molar refractivity (Wildman–Crippen MR) is 111 cm³/mol. The Balaban J connectivity index is 1.27. The van der Waals surface area contributed by atoms with Gasteiger partial charge in [0, 0.05) is 40.7 Å². The lowest BCUT2D eigenvalue weighted by molar-refractivity contribution is -0.423. The minimum atomic E-state index is 0.123. The van der Waals surface area contributed by atoms with E-state index in [1.807, 2.05) is 18.2 Å². The molecule has 5 rings (SSSR count). The van der Waals surface area contributed by atoms with Crippen molar-refractivity contribution in [3.63, 3.8) is 0 Å². The number of hydrogen-bond donors (Lipinski definition) is 3. The zero-order valence-corrected chi connectivity index (χ0v) is 15.8. The van der Waals surface area contributed by atoms with Gasteiger partial charge < -0.3 is 15.5 Å². The molecule has 144 valence electrons. The Morgan fingerprint density at radius 2 is 1.97 bits per heavy atom. The second kappa shape index (κ2) is 7.37. The summed E-state index contributed by atoms with van der Waals surface area (Å²) in [4.78, 5) is 12.1. The molecule has 7 heteroatoms. The molecule has 1 atom stereocenters. The number of benzene rings is 1. The zero-order chi connectivity index (χ0) is 19.6. The predicted octanol–water partition coefficient (Wildman–Crippen LogP) is 2.73. The van der Waals surface area contributed by atoms with Gasteiger partial charge in [0.05, 0.1) is 29.8 Å². The van der Waals surface area contributed by atoms with Crippen LogP contribution in [0.15, 0.2) is 67.4 Å². The number of hydrogen-bond acceptors (Lipinski definition) is 4. The van der Waals surface area contributed by atoms with Crippen LogP contribution in [0.5, 0.6) is 5.75 Å². The van der Waals surface area contributed by atoms with Crippen LogP contribution in [0.4, 0.5) is 0 Å². The molecule has 0 aliphatic rings. The molecule has 0 unspecified atom stereocenters. The van der Waals surface area contributed by atoms with Gasteiger partial charge in [0.1, 0.15) is 18.4 Å². The van der Waals surface area contributed by atoms with Crippen molar-refractivity contribution < 1.29 is 10.5 Å². The standard InChI is InChI=1S/C22H20N6O/c23-17(5-14-9-25-20-4-2-1-3-19(14)20)13-29-18-6-15(8-24-11-18)21-7-16-10-27-28-22(16)12-26-21/h1-4,6-12,17,25H,5,13,23H2,(H,27,28)/p+1/t17-/m0/s1. The monoisotopic (exact) mass is 385 g/mol. The van der Waals surface area contributed by atoms with E-state index in [4.69, 9.17) is 4.74 Å². The van der Waals surface area contributed by atoms with E-state index in [0.29, 0.717) is 12.4 Å². The Morgan fingerprint density at radius 1 is 1.03 bits per heavy atom. The first-order valence-corrected chi connectivity index (χ1v) is 9.52. The van der Waals surface area contributed by atoms with Crippen LogP contribution >= 0.6 is 0 Å². The molecular weight excluding hydrogens is 364 g/mol. The van der Waals surface area contributed by atoms with E-state index in [9.17, 15) is 0 Å². The fourth-order valence-corrected chi connectivity index (χ4v) is 3.52. The highest BCUT2D eigenvalue weighted by Crippen LogP contribution is 2.24. The number of pyridine rings is 2. The van der Waals surface area contributed by atoms with Crippen molar-refractivity contribution in [3.8, 4) is 17.0 Å². The number of fused-ring (bicyclic) bond motifs is 2. The topological polar surface area (TPSA) is 107 Å². The Hall–Kier alpha value is -3.71. The molecule has 7 nitrogen and oxygen atoms in total. The third-order valence-electron chi connectivity index (χ3n) is 5.00. The largest absolute Gasteiger partial charge is 0.486 e. The summed E-state index contributed by atoms with van der Waals surface area (Å²) in [5.41, 5.74) is 9.32. The maximum Gasteiger partial charge on any atom is 0.140 e. The summed E-state index contributed by atoms with van der Waals surface area (Å²) in [6.07, 6.45) is 9.97. The van der Waals surface area contributed by atoms with Crippen LogP contribution in [0.25, 0.3) is 33.1 Å². The molecular formula is C22H21N6O+. The minimum absolute atomic E-state index is 0.123. The summed E-state index contributed by atoms with van der Waals surface area (Å²) in [6, 6.07) is 12.4. The van der Waals surface area contributed by atoms with Gasteiger partial charge in [0.15, 0.2) is 0 Å². The first-order valence-electron chi connectivity index (χ1n) is 9.52. The first kappa shape index (κ1) is 17.4. The lowest BCUT2D eigenvalue weighted by Gasteiger charge is -2.11. The van der Waals surface area contributed by atoms with Crippen LogP contribution in [0.3, 0.4) is 0 Å². The molecule has 4 aromatic heterocycles. The zero-order valence-electron chi connectivity index (χ0n) is 15.8. The van der Waals surface area contributed by atoms with Gasteiger partial charge in [-0.25, -0.2) is 0 Å². The van der Waals surface area contributed by atoms with Crippen molar-refractivity contribution in [1.29, 1.82) is 0 Å². The Labute approximate surface area is 167 Å². The molecule has 0 saturated heterocycles. The number of rotatable bonds is 6. The lowest BCUT2D eigenvalue weighted by Crippen LogP contribution is -2.64. The van der Waals surface area contributed by atoms with Gasteiger partial charge in [-0.05, 0) is 23.8 Å². The highest BCUT2D eigenvalue weighted by Gasteiger charge is 2.13. The lowest BCUT2D eigenvalue weighted by atomic mass is 10.1. The van der Waals surface area contributed by atoms with E-state index in [1.54, 1.807) is 24.8 Å². The van der Waals surface area contributed by atoms with Crippen molar-refractivity contribution in [1.82, 2.24) is 25.1 Å². The summed E-state index contributed by atoms with van der Waals surface area (Å²) < 4.78 is 5.98. The number of aromatic amines is 2. The van der Waals surface area contributed by atoms with Gasteiger partial charge in [0.2, 0.25) is 0 Å². The van der Waals surface area contributed by atoms with Crippen molar-refractivity contribution >= 4 is 21.8 Å². The highest BCUT2D eigenvalue weighted by atomic mass is 16.5. The van der Waals surface area contributed by atoms with Crippen LogP contribution in [0, 0.1) is 0 Å². The van der Waals surface area contributed by atoms with Crippen LogP contribution < -0.4 is 10.5 Å². The molecule has 5 aromatic rings. The normalized spacial score (nSPS) is 12.4. The minimum Gasteiger partial charge on any atom is -0.486 e. The summed E-state index contributed by atoms with van der Waals surface area (Å²) in [7, 11) is 0. The second-order valence-corrected chi connectivity index (χ2v) is 7.18. The molecule has 0 spiro atoms. The smallest absolute Gasteiger partial charge is 0.140 e.